The fraction of sp³-hybridized carbons (Fsp3) is 1.00. The summed E-state index contributed by atoms with van der Waals surface area (Å²) in [5.74, 6) is 0.797. The smallest absolute Gasteiger partial charge is 0.305 e. The van der Waals surface area contributed by atoms with Crippen molar-refractivity contribution >= 4 is 6.92 Å². The molecule has 0 aliphatic carbocycles. The molecule has 0 N–H and O–H groups in total. The van der Waals surface area contributed by atoms with Crippen molar-refractivity contribution < 1.29 is 9.69 Å². The molecule has 62 valence electrons. The molecule has 0 radical (unpaired) electrons. The number of hydrogen-bond acceptors (Lipinski definition) is 2. The second kappa shape index (κ2) is 3.59. The van der Waals surface area contributed by atoms with E-state index >= 15 is 0 Å². The molecule has 2 saturated heterocycles. The minimum atomic E-state index is 0.422. The van der Waals surface area contributed by atoms with E-state index in [9.17, 15) is 0 Å². The van der Waals surface area contributed by atoms with Crippen LogP contribution in [-0.2, 0) is 9.69 Å². The largest absolute Gasteiger partial charge is 0.343 e. The first-order valence-corrected chi connectivity index (χ1v) is 4.75. The molecule has 0 aromatic carbocycles. The van der Waals surface area contributed by atoms with Crippen LogP contribution in [0.15, 0.2) is 0 Å². The molecule has 0 amide bonds. The van der Waals surface area contributed by atoms with Crippen molar-refractivity contribution in [3.8, 4) is 0 Å². The van der Waals surface area contributed by atoms with Gasteiger partial charge in [0.1, 0.15) is 0 Å². The monoisotopic (exact) mass is 154 g/mol. The maximum Gasteiger partial charge on any atom is 0.343 e. The summed E-state index contributed by atoms with van der Waals surface area (Å²) < 4.78 is 0. The van der Waals surface area contributed by atoms with Crippen LogP contribution >= 0.6 is 0 Å². The van der Waals surface area contributed by atoms with E-state index in [2.05, 4.69) is 0 Å². The summed E-state index contributed by atoms with van der Waals surface area (Å²) in [6.45, 7) is 1.22. The fourth-order valence-electron chi connectivity index (χ4n) is 2.17. The van der Waals surface area contributed by atoms with E-state index in [-0.39, 0.29) is 0 Å². The Balaban J connectivity index is 1.93. The van der Waals surface area contributed by atoms with Gasteiger partial charge < -0.3 is 4.81 Å². The van der Waals surface area contributed by atoms with Gasteiger partial charge in [0, 0.05) is 0 Å². The lowest BCUT2D eigenvalue weighted by molar-refractivity contribution is -0.210. The quantitative estimate of drug-likeness (QED) is 0.393. The minimum absolute atomic E-state index is 0.422. The highest BCUT2D eigenvalue weighted by Crippen LogP contribution is 2.34. The molecule has 0 spiro atoms. The van der Waals surface area contributed by atoms with E-state index in [0.717, 1.165) is 12.4 Å². The van der Waals surface area contributed by atoms with Crippen LogP contribution in [0.25, 0.3) is 0 Å². The van der Waals surface area contributed by atoms with Gasteiger partial charge in [0.25, 0.3) is 0 Å². The van der Waals surface area contributed by atoms with E-state index in [1.165, 1.54) is 38.4 Å². The Hall–Kier alpha value is -0.0151. The van der Waals surface area contributed by atoms with E-state index < -0.39 is 0 Å². The first-order chi connectivity index (χ1) is 5.47. The van der Waals surface area contributed by atoms with Crippen LogP contribution in [0.5, 0.6) is 0 Å². The van der Waals surface area contributed by atoms with E-state index in [1.54, 1.807) is 0 Å². The van der Waals surface area contributed by atoms with Gasteiger partial charge in [0.2, 0.25) is 0 Å². The molecule has 2 rings (SSSR count). The van der Waals surface area contributed by atoms with Gasteiger partial charge in [-0.1, -0.05) is 25.7 Å². The molecule has 0 bridgehead atoms. The van der Waals surface area contributed by atoms with Crippen molar-refractivity contribution in [2.24, 2.45) is 0 Å². The summed E-state index contributed by atoms with van der Waals surface area (Å²) in [5, 5.41) is 0. The average Bonchev–Trinajstić information content (AvgIpc) is 2.28. The molecule has 2 nitrogen and oxygen atoms in total. The predicted octanol–water partition coefficient (Wildman–Crippen LogP) is 2.27. The van der Waals surface area contributed by atoms with E-state index in [4.69, 9.17) is 9.69 Å². The van der Waals surface area contributed by atoms with Gasteiger partial charge in [-0.3, -0.25) is 4.89 Å². The summed E-state index contributed by atoms with van der Waals surface area (Å²) in [5.41, 5.74) is 0. The standard InChI is InChI=1S/C8H15BO2/c1-2-6-9-8(4-1)5-3-7-10-11-9/h8H,1-7H2. The van der Waals surface area contributed by atoms with Gasteiger partial charge in [-0.15, -0.1) is 0 Å². The summed E-state index contributed by atoms with van der Waals surface area (Å²) in [6, 6.07) is 0. The van der Waals surface area contributed by atoms with E-state index in [0.29, 0.717) is 6.92 Å². The van der Waals surface area contributed by atoms with Gasteiger partial charge in [-0.05, 0) is 18.6 Å². The Labute approximate surface area is 68.3 Å². The highest BCUT2D eigenvalue weighted by molar-refractivity contribution is 6.53. The third-order valence-corrected chi connectivity index (χ3v) is 2.83. The zero-order chi connectivity index (χ0) is 7.52. The topological polar surface area (TPSA) is 18.5 Å². The van der Waals surface area contributed by atoms with Gasteiger partial charge in [-0.25, -0.2) is 0 Å². The van der Waals surface area contributed by atoms with Crippen molar-refractivity contribution in [3.63, 3.8) is 0 Å². The lowest BCUT2D eigenvalue weighted by Crippen LogP contribution is -2.26. The van der Waals surface area contributed by atoms with Crippen LogP contribution in [0, 0.1) is 0 Å². The first-order valence-electron chi connectivity index (χ1n) is 4.75. The summed E-state index contributed by atoms with van der Waals surface area (Å²) in [6.07, 6.45) is 7.78. The SMILES string of the molecule is C1CCC2CCCOOB2C1. The molecule has 2 aliphatic rings. The number of hydrogen-bond donors (Lipinski definition) is 0. The van der Waals surface area contributed by atoms with Gasteiger partial charge in [-0.2, -0.15) is 0 Å². The van der Waals surface area contributed by atoms with Crippen LogP contribution in [0.3, 0.4) is 0 Å². The molecule has 11 heavy (non-hydrogen) atoms. The molecule has 2 heterocycles. The Kier molecular flexibility index (Phi) is 2.49. The molecule has 0 aromatic heterocycles. The highest BCUT2D eigenvalue weighted by atomic mass is 17.2. The molecule has 0 aromatic rings. The normalized spacial score (nSPS) is 32.7. The third-order valence-electron chi connectivity index (χ3n) is 2.83. The van der Waals surface area contributed by atoms with Crippen molar-refractivity contribution in [2.45, 2.75) is 44.2 Å². The molecule has 1 atom stereocenters. The predicted molar refractivity (Wildman–Crippen MR) is 44.4 cm³/mol. The van der Waals surface area contributed by atoms with Crippen molar-refractivity contribution in [3.05, 3.63) is 0 Å². The molecule has 2 fully saturated rings. The van der Waals surface area contributed by atoms with Crippen LogP contribution in [0.2, 0.25) is 12.1 Å². The van der Waals surface area contributed by atoms with Crippen molar-refractivity contribution in [1.29, 1.82) is 0 Å². The number of fused-ring (bicyclic) bond motifs is 1. The Morgan fingerprint density at radius 1 is 1.09 bits per heavy atom. The highest BCUT2D eigenvalue weighted by Gasteiger charge is 2.32. The van der Waals surface area contributed by atoms with Gasteiger partial charge in [0.05, 0.1) is 6.61 Å². The Morgan fingerprint density at radius 2 is 2.00 bits per heavy atom. The second-order valence-electron chi connectivity index (χ2n) is 3.64. The summed E-state index contributed by atoms with van der Waals surface area (Å²) in [4.78, 5) is 10.4. The lowest BCUT2D eigenvalue weighted by atomic mass is 9.48. The molecule has 1 unspecified atom stereocenters. The molecular formula is C8H15BO2. The van der Waals surface area contributed by atoms with Gasteiger partial charge in [0.15, 0.2) is 0 Å². The van der Waals surface area contributed by atoms with Crippen LogP contribution in [0.1, 0.15) is 32.1 Å². The molecular weight excluding hydrogens is 139 g/mol. The van der Waals surface area contributed by atoms with Crippen molar-refractivity contribution in [1.82, 2.24) is 0 Å². The molecule has 3 heteroatoms. The lowest BCUT2D eigenvalue weighted by Gasteiger charge is -2.24. The van der Waals surface area contributed by atoms with E-state index in [1.807, 2.05) is 0 Å². The Bertz CT molecular complexity index is 115. The molecule has 0 saturated carbocycles. The summed E-state index contributed by atoms with van der Waals surface area (Å²) >= 11 is 0. The maximum atomic E-state index is 5.31. The Morgan fingerprint density at radius 3 is 3.00 bits per heavy atom. The number of rotatable bonds is 0. The minimum Gasteiger partial charge on any atom is -0.305 e. The second-order valence-corrected chi connectivity index (χ2v) is 3.64. The zero-order valence-corrected chi connectivity index (χ0v) is 6.92. The fourth-order valence-corrected chi connectivity index (χ4v) is 2.17. The van der Waals surface area contributed by atoms with Crippen LogP contribution < -0.4 is 0 Å². The maximum absolute atomic E-state index is 5.31. The van der Waals surface area contributed by atoms with Crippen molar-refractivity contribution in [2.75, 3.05) is 6.61 Å². The molecule has 2 aliphatic heterocycles. The third kappa shape index (κ3) is 1.77. The zero-order valence-electron chi connectivity index (χ0n) is 6.92. The van der Waals surface area contributed by atoms with Crippen LogP contribution in [0.4, 0.5) is 0 Å². The van der Waals surface area contributed by atoms with Crippen LogP contribution in [-0.4, -0.2) is 13.5 Å². The average molecular weight is 154 g/mol. The first kappa shape index (κ1) is 7.62. The summed E-state index contributed by atoms with van der Waals surface area (Å²) in [7, 11) is 0. The van der Waals surface area contributed by atoms with Gasteiger partial charge >= 0.3 is 6.92 Å².